The second-order valence-electron chi connectivity index (χ2n) is 5.69. The second kappa shape index (κ2) is 8.66. The van der Waals surface area contributed by atoms with Gasteiger partial charge in [-0.25, -0.2) is 8.42 Å². The zero-order valence-corrected chi connectivity index (χ0v) is 15.3. The van der Waals surface area contributed by atoms with Gasteiger partial charge in [-0.05, 0) is 37.6 Å². The number of piperidine rings is 1. The summed E-state index contributed by atoms with van der Waals surface area (Å²) >= 11 is 0. The van der Waals surface area contributed by atoms with Crippen molar-refractivity contribution in [3.63, 3.8) is 0 Å². The Morgan fingerprint density at radius 3 is 2.52 bits per heavy atom. The fourth-order valence-corrected chi connectivity index (χ4v) is 3.59. The van der Waals surface area contributed by atoms with E-state index in [2.05, 4.69) is 5.32 Å². The molecule has 0 spiro atoms. The summed E-state index contributed by atoms with van der Waals surface area (Å²) < 4.78 is 23.5. The van der Waals surface area contributed by atoms with Gasteiger partial charge in [-0.2, -0.15) is 0 Å². The van der Waals surface area contributed by atoms with Crippen LogP contribution in [0.1, 0.15) is 25.3 Å². The Hall–Kier alpha value is -1.11. The van der Waals surface area contributed by atoms with Crippen LogP contribution >= 0.6 is 12.4 Å². The number of nitrogens with zero attached hydrogens (tertiary/aromatic N) is 1. The molecule has 1 aliphatic rings. The fraction of sp³-hybridized carbons (Fsp3) is 0.562. The van der Waals surface area contributed by atoms with Gasteiger partial charge in [0.2, 0.25) is 5.91 Å². The smallest absolute Gasteiger partial charge is 0.227 e. The monoisotopic (exact) mass is 360 g/mol. The molecular weight excluding hydrogens is 336 g/mol. The van der Waals surface area contributed by atoms with E-state index < -0.39 is 9.84 Å². The predicted octanol–water partition coefficient (Wildman–Crippen LogP) is 1.65. The van der Waals surface area contributed by atoms with Crippen molar-refractivity contribution >= 4 is 28.2 Å². The molecule has 7 heteroatoms. The first-order valence-corrected chi connectivity index (χ1v) is 9.38. The number of halogens is 1. The van der Waals surface area contributed by atoms with Gasteiger partial charge in [0.15, 0.2) is 9.84 Å². The number of carbonyl (C=O) groups excluding carboxylic acids is 1. The van der Waals surface area contributed by atoms with Crippen LogP contribution in [0.25, 0.3) is 0 Å². The van der Waals surface area contributed by atoms with Crippen molar-refractivity contribution < 1.29 is 13.2 Å². The number of sulfone groups is 1. The number of benzene rings is 1. The molecule has 0 bridgehead atoms. The Morgan fingerprint density at radius 2 is 1.96 bits per heavy atom. The van der Waals surface area contributed by atoms with Crippen LogP contribution in [-0.4, -0.2) is 51.2 Å². The van der Waals surface area contributed by atoms with Crippen molar-refractivity contribution in [2.75, 3.05) is 25.9 Å². The molecular formula is C16H25ClN2O3S. The van der Waals surface area contributed by atoms with Gasteiger partial charge in [0.05, 0.1) is 17.1 Å². The summed E-state index contributed by atoms with van der Waals surface area (Å²) in [6.45, 7) is 3.18. The summed E-state index contributed by atoms with van der Waals surface area (Å²) in [5.74, 6) is 0.191. The van der Waals surface area contributed by atoms with Gasteiger partial charge >= 0.3 is 0 Å². The third-order valence-electron chi connectivity index (χ3n) is 4.20. The van der Waals surface area contributed by atoms with Crippen LogP contribution in [0.3, 0.4) is 0 Å². The number of likely N-dealkylation sites (N-methyl/N-ethyl adjacent to an activating group) is 1. The van der Waals surface area contributed by atoms with Crippen molar-refractivity contribution in [3.8, 4) is 0 Å². The lowest BCUT2D eigenvalue weighted by molar-refractivity contribution is -0.131. The standard InChI is InChI=1S/C16H24N2O3S.ClH/c1-3-22(20,21)15-8-6-13(7-9-15)11-16(19)18-10-4-5-14(12-18)17-2;/h6-9,14,17H,3-5,10-12H2,1-2H3;1H. The third-order valence-corrected chi connectivity index (χ3v) is 5.95. The molecule has 0 saturated carbocycles. The van der Waals surface area contributed by atoms with Crippen LogP contribution in [0.4, 0.5) is 0 Å². The van der Waals surface area contributed by atoms with Gasteiger partial charge in [-0.1, -0.05) is 19.1 Å². The first-order chi connectivity index (χ1) is 10.5. The van der Waals surface area contributed by atoms with Crippen molar-refractivity contribution in [2.24, 2.45) is 0 Å². The molecule has 1 N–H and O–H groups in total. The van der Waals surface area contributed by atoms with E-state index in [1.165, 1.54) is 0 Å². The summed E-state index contributed by atoms with van der Waals surface area (Å²) in [7, 11) is -1.26. The first kappa shape index (κ1) is 19.9. The maximum Gasteiger partial charge on any atom is 0.227 e. The van der Waals surface area contributed by atoms with Crippen LogP contribution in [0.15, 0.2) is 29.2 Å². The molecule has 1 atom stereocenters. The van der Waals surface area contributed by atoms with Crippen molar-refractivity contribution in [1.29, 1.82) is 0 Å². The Kier molecular flexibility index (Phi) is 7.51. The molecule has 0 radical (unpaired) electrons. The van der Waals surface area contributed by atoms with Gasteiger partial charge in [0, 0.05) is 19.1 Å². The zero-order chi connectivity index (χ0) is 16.2. The second-order valence-corrected chi connectivity index (χ2v) is 7.97. The van der Waals surface area contributed by atoms with E-state index in [1.807, 2.05) is 11.9 Å². The van der Waals surface area contributed by atoms with E-state index in [4.69, 9.17) is 0 Å². The molecule has 0 aliphatic carbocycles. The molecule has 1 fully saturated rings. The molecule has 1 aromatic carbocycles. The SMILES string of the molecule is CCS(=O)(=O)c1ccc(CC(=O)N2CCCC(NC)C2)cc1.Cl. The number of rotatable bonds is 5. The number of likely N-dealkylation sites (tertiary alicyclic amines) is 1. The molecule has 1 aromatic rings. The number of carbonyl (C=O) groups is 1. The van der Waals surface area contributed by atoms with E-state index in [1.54, 1.807) is 31.2 Å². The maximum absolute atomic E-state index is 12.3. The molecule has 1 aliphatic heterocycles. The van der Waals surface area contributed by atoms with E-state index in [0.29, 0.717) is 17.4 Å². The highest BCUT2D eigenvalue weighted by molar-refractivity contribution is 7.91. The van der Waals surface area contributed by atoms with E-state index in [-0.39, 0.29) is 24.1 Å². The molecule has 1 heterocycles. The number of hydrogen-bond acceptors (Lipinski definition) is 4. The van der Waals surface area contributed by atoms with Crippen molar-refractivity contribution in [1.82, 2.24) is 10.2 Å². The predicted molar refractivity (Wildman–Crippen MR) is 93.8 cm³/mol. The number of hydrogen-bond donors (Lipinski definition) is 1. The highest BCUT2D eigenvalue weighted by Crippen LogP contribution is 2.15. The van der Waals surface area contributed by atoms with E-state index in [9.17, 15) is 13.2 Å². The summed E-state index contributed by atoms with van der Waals surface area (Å²) in [6.07, 6.45) is 2.44. The van der Waals surface area contributed by atoms with Crippen LogP contribution in [0.2, 0.25) is 0 Å². The summed E-state index contributed by atoms with van der Waals surface area (Å²) in [4.78, 5) is 14.6. The normalized spacial score (nSPS) is 18.3. The van der Waals surface area contributed by atoms with Gasteiger partial charge < -0.3 is 10.2 Å². The minimum Gasteiger partial charge on any atom is -0.341 e. The number of amides is 1. The van der Waals surface area contributed by atoms with Crippen LogP contribution < -0.4 is 5.32 Å². The molecule has 130 valence electrons. The maximum atomic E-state index is 12.3. The molecule has 1 saturated heterocycles. The molecule has 23 heavy (non-hydrogen) atoms. The van der Waals surface area contributed by atoms with Gasteiger partial charge in [-0.3, -0.25) is 4.79 Å². The Bertz CT molecular complexity index is 617. The molecule has 1 unspecified atom stereocenters. The number of nitrogens with one attached hydrogen (secondary N) is 1. The van der Waals surface area contributed by atoms with Crippen LogP contribution in [0.5, 0.6) is 0 Å². The third kappa shape index (κ3) is 5.19. The summed E-state index contributed by atoms with van der Waals surface area (Å²) in [6, 6.07) is 7.02. The average Bonchev–Trinajstić information content (AvgIpc) is 2.55. The van der Waals surface area contributed by atoms with E-state index >= 15 is 0 Å². The van der Waals surface area contributed by atoms with E-state index in [0.717, 1.165) is 31.5 Å². The Balaban J connectivity index is 0.00000264. The topological polar surface area (TPSA) is 66.5 Å². The minimum absolute atomic E-state index is 0. The minimum atomic E-state index is -3.18. The zero-order valence-electron chi connectivity index (χ0n) is 13.6. The summed E-state index contributed by atoms with van der Waals surface area (Å²) in [5.41, 5.74) is 0.853. The van der Waals surface area contributed by atoms with Crippen LogP contribution in [0, 0.1) is 0 Å². The first-order valence-electron chi connectivity index (χ1n) is 7.73. The molecule has 0 aromatic heterocycles. The van der Waals surface area contributed by atoms with Gasteiger partial charge in [0.25, 0.3) is 0 Å². The fourth-order valence-electron chi connectivity index (χ4n) is 2.71. The van der Waals surface area contributed by atoms with Crippen molar-refractivity contribution in [2.45, 2.75) is 37.1 Å². The lowest BCUT2D eigenvalue weighted by atomic mass is 10.0. The lowest BCUT2D eigenvalue weighted by Crippen LogP contribution is -2.47. The highest BCUT2D eigenvalue weighted by atomic mass is 35.5. The quantitative estimate of drug-likeness (QED) is 0.867. The average molecular weight is 361 g/mol. The Labute approximate surface area is 144 Å². The largest absolute Gasteiger partial charge is 0.341 e. The Morgan fingerprint density at radius 1 is 1.30 bits per heavy atom. The molecule has 2 rings (SSSR count). The molecule has 1 amide bonds. The van der Waals surface area contributed by atoms with Crippen LogP contribution in [-0.2, 0) is 21.1 Å². The molecule has 5 nitrogen and oxygen atoms in total. The van der Waals surface area contributed by atoms with Crippen molar-refractivity contribution in [3.05, 3.63) is 29.8 Å². The lowest BCUT2D eigenvalue weighted by Gasteiger charge is -2.32. The van der Waals surface area contributed by atoms with Gasteiger partial charge in [0.1, 0.15) is 0 Å². The van der Waals surface area contributed by atoms with Gasteiger partial charge in [-0.15, -0.1) is 12.4 Å². The highest BCUT2D eigenvalue weighted by Gasteiger charge is 2.22. The summed E-state index contributed by atoms with van der Waals surface area (Å²) in [5, 5.41) is 3.22.